The lowest BCUT2D eigenvalue weighted by Gasteiger charge is -2.15. The van der Waals surface area contributed by atoms with Gasteiger partial charge in [0.15, 0.2) is 17.5 Å². The van der Waals surface area contributed by atoms with Crippen molar-refractivity contribution in [1.29, 1.82) is 0 Å². The molecule has 2 N–H and O–H groups in total. The third-order valence-corrected chi connectivity index (χ3v) is 4.46. The minimum absolute atomic E-state index is 0. The van der Waals surface area contributed by atoms with E-state index in [4.69, 9.17) is 23.9 Å². The third kappa shape index (κ3) is 9.32. The van der Waals surface area contributed by atoms with Gasteiger partial charge in [-0.2, -0.15) is 0 Å². The standard InChI is InChI=1S/C23H31N3O4.HI/c1-27-15-16-28-12-5-11-24-23(25-18-19-7-3-2-4-8-19)26-20-9-10-21-22(17-20)30-14-6-13-29-21;/h2-4,7-10,17H,5-6,11-16,18H2,1H3,(H2,24,25,26);1H. The Labute approximate surface area is 201 Å². The average Bonchev–Trinajstić information content (AvgIpc) is 3.02. The van der Waals surface area contributed by atoms with Crippen LogP contribution in [0.4, 0.5) is 5.69 Å². The van der Waals surface area contributed by atoms with E-state index < -0.39 is 0 Å². The van der Waals surface area contributed by atoms with E-state index in [9.17, 15) is 0 Å². The van der Waals surface area contributed by atoms with Crippen molar-refractivity contribution in [2.75, 3.05) is 52.0 Å². The number of aliphatic imine (C=N–C) groups is 1. The van der Waals surface area contributed by atoms with Gasteiger partial charge < -0.3 is 29.6 Å². The van der Waals surface area contributed by atoms with Gasteiger partial charge in [0, 0.05) is 38.4 Å². The van der Waals surface area contributed by atoms with Gasteiger partial charge in [0.2, 0.25) is 0 Å². The van der Waals surface area contributed by atoms with Crippen LogP contribution in [0.15, 0.2) is 53.5 Å². The Morgan fingerprint density at radius 3 is 2.61 bits per heavy atom. The normalized spacial score (nSPS) is 13.1. The highest BCUT2D eigenvalue weighted by Gasteiger charge is 2.11. The predicted octanol–water partition coefficient (Wildman–Crippen LogP) is 4.08. The minimum Gasteiger partial charge on any atom is -0.490 e. The van der Waals surface area contributed by atoms with Crippen molar-refractivity contribution in [3.8, 4) is 11.5 Å². The van der Waals surface area contributed by atoms with Crippen molar-refractivity contribution in [2.24, 2.45) is 4.99 Å². The van der Waals surface area contributed by atoms with Crippen LogP contribution < -0.4 is 20.1 Å². The lowest BCUT2D eigenvalue weighted by Crippen LogP contribution is -2.32. The molecule has 0 aliphatic carbocycles. The molecule has 0 saturated heterocycles. The van der Waals surface area contributed by atoms with Gasteiger partial charge in [-0.3, -0.25) is 0 Å². The lowest BCUT2D eigenvalue weighted by atomic mass is 10.2. The van der Waals surface area contributed by atoms with Gasteiger partial charge in [-0.05, 0) is 24.1 Å². The molecule has 0 fully saturated rings. The number of hydrogen-bond acceptors (Lipinski definition) is 5. The molecule has 0 aromatic heterocycles. The lowest BCUT2D eigenvalue weighted by molar-refractivity contribution is 0.0699. The zero-order chi connectivity index (χ0) is 20.9. The molecule has 0 radical (unpaired) electrons. The zero-order valence-corrected chi connectivity index (χ0v) is 20.3. The number of halogens is 1. The fourth-order valence-electron chi connectivity index (χ4n) is 2.90. The second-order valence-electron chi connectivity index (χ2n) is 6.87. The third-order valence-electron chi connectivity index (χ3n) is 4.46. The first kappa shape index (κ1) is 25.2. The van der Waals surface area contributed by atoms with Gasteiger partial charge in [0.1, 0.15) is 0 Å². The van der Waals surface area contributed by atoms with Crippen molar-refractivity contribution in [3.63, 3.8) is 0 Å². The monoisotopic (exact) mass is 541 g/mol. The van der Waals surface area contributed by atoms with Crippen molar-refractivity contribution in [2.45, 2.75) is 19.4 Å². The maximum atomic E-state index is 5.79. The highest BCUT2D eigenvalue weighted by Crippen LogP contribution is 2.32. The van der Waals surface area contributed by atoms with E-state index in [-0.39, 0.29) is 24.0 Å². The van der Waals surface area contributed by atoms with E-state index in [2.05, 4.69) is 22.8 Å². The quantitative estimate of drug-likeness (QED) is 0.205. The van der Waals surface area contributed by atoms with E-state index in [1.54, 1.807) is 7.11 Å². The predicted molar refractivity (Wildman–Crippen MR) is 134 cm³/mol. The number of nitrogens with zero attached hydrogens (tertiary/aromatic N) is 1. The molecule has 170 valence electrons. The van der Waals surface area contributed by atoms with Crippen LogP contribution >= 0.6 is 24.0 Å². The molecule has 7 nitrogen and oxygen atoms in total. The van der Waals surface area contributed by atoms with Crippen LogP contribution in [-0.4, -0.2) is 52.6 Å². The van der Waals surface area contributed by atoms with Gasteiger partial charge in [0.25, 0.3) is 0 Å². The number of hydrogen-bond donors (Lipinski definition) is 2. The molecule has 0 atom stereocenters. The Balaban J connectivity index is 0.00000341. The molecule has 0 saturated carbocycles. The number of fused-ring (bicyclic) bond motifs is 1. The van der Waals surface area contributed by atoms with Crippen LogP contribution in [-0.2, 0) is 16.0 Å². The smallest absolute Gasteiger partial charge is 0.196 e. The highest BCUT2D eigenvalue weighted by molar-refractivity contribution is 14.0. The SMILES string of the molecule is COCCOCCCNC(=NCc1ccccc1)Nc1ccc2c(c1)OCCCO2.I. The Bertz CT molecular complexity index is 790. The van der Waals surface area contributed by atoms with Crippen molar-refractivity contribution >= 4 is 35.6 Å². The molecule has 0 spiro atoms. The van der Waals surface area contributed by atoms with Gasteiger partial charge in [-0.1, -0.05) is 30.3 Å². The molecular weight excluding hydrogens is 509 g/mol. The number of nitrogens with one attached hydrogen (secondary N) is 2. The van der Waals surface area contributed by atoms with Gasteiger partial charge in [-0.25, -0.2) is 4.99 Å². The Morgan fingerprint density at radius 1 is 1.00 bits per heavy atom. The molecule has 1 aliphatic rings. The summed E-state index contributed by atoms with van der Waals surface area (Å²) in [6.45, 7) is 4.57. The molecular formula is C23H32IN3O4. The topological polar surface area (TPSA) is 73.3 Å². The summed E-state index contributed by atoms with van der Waals surface area (Å²) in [6, 6.07) is 16.0. The second-order valence-corrected chi connectivity index (χ2v) is 6.87. The molecule has 0 bridgehead atoms. The first-order chi connectivity index (χ1) is 14.8. The molecule has 2 aromatic carbocycles. The summed E-state index contributed by atoms with van der Waals surface area (Å²) in [7, 11) is 1.67. The van der Waals surface area contributed by atoms with Crippen molar-refractivity contribution < 1.29 is 18.9 Å². The van der Waals surface area contributed by atoms with Crippen LogP contribution in [0, 0.1) is 0 Å². The molecule has 3 rings (SSSR count). The number of ether oxygens (including phenoxy) is 4. The highest BCUT2D eigenvalue weighted by atomic mass is 127. The number of methoxy groups -OCH3 is 1. The largest absolute Gasteiger partial charge is 0.490 e. The fourth-order valence-corrected chi connectivity index (χ4v) is 2.90. The molecule has 8 heteroatoms. The van der Waals surface area contributed by atoms with Crippen molar-refractivity contribution in [3.05, 3.63) is 54.1 Å². The van der Waals surface area contributed by atoms with E-state index in [1.807, 2.05) is 36.4 Å². The summed E-state index contributed by atoms with van der Waals surface area (Å²) >= 11 is 0. The van der Waals surface area contributed by atoms with Crippen LogP contribution in [0.25, 0.3) is 0 Å². The molecule has 1 heterocycles. The number of guanidine groups is 1. The number of rotatable bonds is 10. The van der Waals surface area contributed by atoms with Crippen LogP contribution in [0.2, 0.25) is 0 Å². The molecule has 0 amide bonds. The van der Waals surface area contributed by atoms with E-state index in [1.165, 1.54) is 0 Å². The van der Waals surface area contributed by atoms with Crippen LogP contribution in [0.5, 0.6) is 11.5 Å². The van der Waals surface area contributed by atoms with E-state index in [0.717, 1.165) is 42.1 Å². The summed E-state index contributed by atoms with van der Waals surface area (Å²) in [4.78, 5) is 4.73. The van der Waals surface area contributed by atoms with E-state index in [0.29, 0.717) is 45.5 Å². The summed E-state index contributed by atoms with van der Waals surface area (Å²) in [5, 5.41) is 6.75. The van der Waals surface area contributed by atoms with Gasteiger partial charge in [0.05, 0.1) is 33.0 Å². The van der Waals surface area contributed by atoms with Crippen molar-refractivity contribution in [1.82, 2.24) is 5.32 Å². The first-order valence-corrected chi connectivity index (χ1v) is 10.4. The summed E-state index contributed by atoms with van der Waals surface area (Å²) < 4.78 is 22.0. The fraction of sp³-hybridized carbons (Fsp3) is 0.435. The van der Waals surface area contributed by atoms with Gasteiger partial charge in [-0.15, -0.1) is 24.0 Å². The molecule has 31 heavy (non-hydrogen) atoms. The Kier molecular flexibility index (Phi) is 12.1. The Morgan fingerprint density at radius 2 is 1.81 bits per heavy atom. The maximum absolute atomic E-state index is 5.79. The number of benzene rings is 2. The minimum atomic E-state index is 0. The second kappa shape index (κ2) is 14.9. The average molecular weight is 541 g/mol. The molecule has 0 unspecified atom stereocenters. The Hall–Kier alpha value is -2.04. The van der Waals surface area contributed by atoms with Crippen LogP contribution in [0.3, 0.4) is 0 Å². The maximum Gasteiger partial charge on any atom is 0.196 e. The molecule has 1 aliphatic heterocycles. The van der Waals surface area contributed by atoms with Gasteiger partial charge >= 0.3 is 0 Å². The zero-order valence-electron chi connectivity index (χ0n) is 18.0. The van der Waals surface area contributed by atoms with E-state index >= 15 is 0 Å². The first-order valence-electron chi connectivity index (χ1n) is 10.4. The summed E-state index contributed by atoms with van der Waals surface area (Å²) in [6.07, 6.45) is 1.76. The summed E-state index contributed by atoms with van der Waals surface area (Å²) in [5.74, 6) is 2.25. The molecule has 2 aromatic rings. The van der Waals surface area contributed by atoms with Crippen LogP contribution in [0.1, 0.15) is 18.4 Å². The number of anilines is 1. The summed E-state index contributed by atoms with van der Waals surface area (Å²) in [5.41, 5.74) is 2.05.